The van der Waals surface area contributed by atoms with Crippen LogP contribution in [0.3, 0.4) is 0 Å². The number of hydrogen-bond acceptors (Lipinski definition) is 4. The molecule has 43 heavy (non-hydrogen) atoms. The van der Waals surface area contributed by atoms with Gasteiger partial charge in [-0.2, -0.15) is 0 Å². The average molecular weight is 628 g/mol. The van der Waals surface area contributed by atoms with Crippen LogP contribution in [0.1, 0.15) is 56.1 Å². The Morgan fingerprint density at radius 3 is 2.26 bits per heavy atom. The Morgan fingerprint density at radius 1 is 0.953 bits per heavy atom. The molecule has 0 radical (unpaired) electrons. The molecule has 1 N–H and O–H groups in total. The smallest absolute Gasteiger partial charge is 0.243 e. The first-order valence-electron chi connectivity index (χ1n) is 14.7. The fourth-order valence-corrected chi connectivity index (χ4v) is 6.68. The standard InChI is InChI=1S/C33H39ClFN3O4S/c1-43(41,42)38(29-20-18-27(35)19-21-29)22-10-17-32(39)37(24-26-13-8-9-16-30(26)34)31(23-25-11-4-2-5-12-25)33(40)36-28-14-6-3-7-15-28/h2,4-5,8-9,11-13,16,18-21,28,31H,3,6-7,10,14-15,17,22-24H2,1H3,(H,36,40)/t31-/m0/s1. The summed E-state index contributed by atoms with van der Waals surface area (Å²) in [5.74, 6) is -0.967. The van der Waals surface area contributed by atoms with E-state index in [4.69, 9.17) is 11.6 Å². The third-order valence-corrected chi connectivity index (χ3v) is 9.35. The van der Waals surface area contributed by atoms with Gasteiger partial charge in [-0.15, -0.1) is 0 Å². The SMILES string of the molecule is CS(=O)(=O)N(CCCC(=O)N(Cc1ccccc1Cl)[C@@H](Cc1ccccc1)C(=O)NC1CCCCC1)c1ccc(F)cc1. The number of benzene rings is 3. The van der Waals surface area contributed by atoms with Crippen molar-refractivity contribution in [3.05, 3.63) is 101 Å². The molecule has 230 valence electrons. The molecule has 0 bridgehead atoms. The van der Waals surface area contributed by atoms with Crippen LogP contribution in [-0.2, 0) is 32.6 Å². The predicted octanol–water partition coefficient (Wildman–Crippen LogP) is 6.11. The Bertz CT molecular complexity index is 1460. The maximum absolute atomic E-state index is 14.0. The second-order valence-corrected chi connectivity index (χ2v) is 13.4. The molecule has 1 atom stereocenters. The van der Waals surface area contributed by atoms with Gasteiger partial charge in [0.2, 0.25) is 21.8 Å². The second-order valence-electron chi connectivity index (χ2n) is 11.1. The summed E-state index contributed by atoms with van der Waals surface area (Å²) in [6, 6.07) is 21.3. The first-order valence-corrected chi connectivity index (χ1v) is 16.9. The van der Waals surface area contributed by atoms with Crippen LogP contribution in [0.5, 0.6) is 0 Å². The molecule has 0 aliphatic heterocycles. The average Bonchev–Trinajstić information content (AvgIpc) is 2.99. The third-order valence-electron chi connectivity index (χ3n) is 7.79. The second kappa shape index (κ2) is 15.3. The number of carbonyl (C=O) groups is 2. The van der Waals surface area contributed by atoms with Gasteiger partial charge in [-0.05, 0) is 60.7 Å². The topological polar surface area (TPSA) is 86.8 Å². The van der Waals surface area contributed by atoms with Crippen LogP contribution in [0.4, 0.5) is 10.1 Å². The summed E-state index contributed by atoms with van der Waals surface area (Å²) in [5.41, 5.74) is 1.95. The molecule has 1 aliphatic rings. The highest BCUT2D eigenvalue weighted by atomic mass is 35.5. The summed E-state index contributed by atoms with van der Waals surface area (Å²) < 4.78 is 39.8. The molecule has 0 heterocycles. The van der Waals surface area contributed by atoms with Crippen molar-refractivity contribution >= 4 is 39.1 Å². The van der Waals surface area contributed by atoms with Gasteiger partial charge >= 0.3 is 0 Å². The molecule has 1 fully saturated rings. The number of amides is 2. The van der Waals surface area contributed by atoms with Crippen molar-refractivity contribution in [3.8, 4) is 0 Å². The van der Waals surface area contributed by atoms with Crippen LogP contribution in [0.15, 0.2) is 78.9 Å². The summed E-state index contributed by atoms with van der Waals surface area (Å²) in [7, 11) is -3.69. The van der Waals surface area contributed by atoms with E-state index in [0.29, 0.717) is 22.7 Å². The Hall–Kier alpha value is -3.43. The fraction of sp³-hybridized carbons (Fsp3) is 0.394. The number of nitrogens with zero attached hydrogens (tertiary/aromatic N) is 2. The van der Waals surface area contributed by atoms with Crippen molar-refractivity contribution in [2.24, 2.45) is 0 Å². The van der Waals surface area contributed by atoms with Gasteiger partial charge < -0.3 is 10.2 Å². The number of nitrogens with one attached hydrogen (secondary N) is 1. The normalized spacial score (nSPS) is 14.6. The highest BCUT2D eigenvalue weighted by Crippen LogP contribution is 2.24. The van der Waals surface area contributed by atoms with E-state index in [1.807, 2.05) is 48.5 Å². The summed E-state index contributed by atoms with van der Waals surface area (Å²) >= 11 is 6.51. The molecular weight excluding hydrogens is 589 g/mol. The van der Waals surface area contributed by atoms with Crippen LogP contribution in [-0.4, -0.2) is 50.0 Å². The highest BCUT2D eigenvalue weighted by molar-refractivity contribution is 7.92. The molecule has 0 aromatic heterocycles. The molecule has 3 aromatic carbocycles. The largest absolute Gasteiger partial charge is 0.352 e. The van der Waals surface area contributed by atoms with Gasteiger partial charge in [-0.1, -0.05) is 79.4 Å². The predicted molar refractivity (Wildman–Crippen MR) is 169 cm³/mol. The lowest BCUT2D eigenvalue weighted by atomic mass is 9.94. The summed E-state index contributed by atoms with van der Waals surface area (Å²) in [6.07, 6.45) is 6.68. The van der Waals surface area contributed by atoms with Gasteiger partial charge in [0, 0.05) is 37.0 Å². The zero-order valence-corrected chi connectivity index (χ0v) is 26.0. The first-order chi connectivity index (χ1) is 20.6. The lowest BCUT2D eigenvalue weighted by Crippen LogP contribution is -2.53. The Kier molecular flexibility index (Phi) is 11.6. The monoisotopic (exact) mass is 627 g/mol. The highest BCUT2D eigenvalue weighted by Gasteiger charge is 2.32. The van der Waals surface area contributed by atoms with Gasteiger partial charge in [0.1, 0.15) is 11.9 Å². The Balaban J connectivity index is 1.59. The third kappa shape index (κ3) is 9.53. The molecule has 1 saturated carbocycles. The minimum absolute atomic E-state index is 0.000332. The maximum Gasteiger partial charge on any atom is 0.243 e. The number of anilines is 1. The first kappa shape index (κ1) is 32.5. The van der Waals surface area contributed by atoms with Gasteiger partial charge in [0.05, 0.1) is 11.9 Å². The van der Waals surface area contributed by atoms with Crippen molar-refractivity contribution in [1.82, 2.24) is 10.2 Å². The molecule has 3 aromatic rings. The number of halogens is 2. The van der Waals surface area contributed by atoms with E-state index in [1.165, 1.54) is 24.3 Å². The molecule has 10 heteroatoms. The molecule has 2 amide bonds. The minimum atomic E-state index is -3.69. The minimum Gasteiger partial charge on any atom is -0.352 e. The van der Waals surface area contributed by atoms with Crippen molar-refractivity contribution in [1.29, 1.82) is 0 Å². The Morgan fingerprint density at radius 2 is 1.60 bits per heavy atom. The van der Waals surface area contributed by atoms with Crippen LogP contribution in [0, 0.1) is 5.82 Å². The van der Waals surface area contributed by atoms with Gasteiger partial charge in [0.15, 0.2) is 0 Å². The van der Waals surface area contributed by atoms with Crippen LogP contribution >= 0.6 is 11.6 Å². The fourth-order valence-electron chi connectivity index (χ4n) is 5.52. The Labute approximate surface area is 259 Å². The molecule has 0 unspecified atom stereocenters. The van der Waals surface area contributed by atoms with E-state index < -0.39 is 21.9 Å². The van der Waals surface area contributed by atoms with Gasteiger partial charge in [-0.3, -0.25) is 13.9 Å². The van der Waals surface area contributed by atoms with Crippen molar-refractivity contribution in [2.45, 2.75) is 70.0 Å². The van der Waals surface area contributed by atoms with E-state index in [1.54, 1.807) is 11.0 Å². The van der Waals surface area contributed by atoms with E-state index in [0.717, 1.165) is 48.2 Å². The molecule has 1 aliphatic carbocycles. The van der Waals surface area contributed by atoms with Crippen molar-refractivity contribution in [2.75, 3.05) is 17.1 Å². The number of hydrogen-bond donors (Lipinski definition) is 1. The quantitative estimate of drug-likeness (QED) is 0.248. The van der Waals surface area contributed by atoms with E-state index >= 15 is 0 Å². The van der Waals surface area contributed by atoms with Crippen molar-refractivity contribution < 1.29 is 22.4 Å². The summed E-state index contributed by atoms with van der Waals surface area (Å²) in [6.45, 7) is 0.148. The lowest BCUT2D eigenvalue weighted by Gasteiger charge is -2.34. The van der Waals surface area contributed by atoms with E-state index in [-0.39, 0.29) is 43.8 Å². The van der Waals surface area contributed by atoms with Crippen LogP contribution in [0.25, 0.3) is 0 Å². The van der Waals surface area contributed by atoms with Gasteiger partial charge in [0.25, 0.3) is 0 Å². The molecule has 4 rings (SSSR count). The maximum atomic E-state index is 14.0. The molecule has 0 spiro atoms. The zero-order valence-electron chi connectivity index (χ0n) is 24.4. The van der Waals surface area contributed by atoms with Gasteiger partial charge in [-0.25, -0.2) is 12.8 Å². The van der Waals surface area contributed by atoms with Crippen LogP contribution < -0.4 is 9.62 Å². The van der Waals surface area contributed by atoms with Crippen LogP contribution in [0.2, 0.25) is 5.02 Å². The molecule has 0 saturated heterocycles. The lowest BCUT2D eigenvalue weighted by molar-refractivity contribution is -0.141. The van der Waals surface area contributed by atoms with E-state index in [2.05, 4.69) is 5.32 Å². The summed E-state index contributed by atoms with van der Waals surface area (Å²) in [4.78, 5) is 29.5. The molecular formula is C33H39ClFN3O4S. The molecule has 7 nitrogen and oxygen atoms in total. The van der Waals surface area contributed by atoms with E-state index in [9.17, 15) is 22.4 Å². The summed E-state index contributed by atoms with van der Waals surface area (Å²) in [5, 5.41) is 3.70. The zero-order chi connectivity index (χ0) is 30.8. The number of sulfonamides is 1. The number of carbonyl (C=O) groups excluding carboxylic acids is 2. The number of rotatable bonds is 13. The van der Waals surface area contributed by atoms with Crippen molar-refractivity contribution in [3.63, 3.8) is 0 Å².